The lowest BCUT2D eigenvalue weighted by atomic mass is 10.2. The minimum atomic E-state index is -0.734. The number of carbonyl (C=O) groups is 1. The molecule has 5 nitrogen and oxygen atoms in total. The van der Waals surface area contributed by atoms with Crippen molar-refractivity contribution in [3.63, 3.8) is 0 Å². The van der Waals surface area contributed by atoms with Crippen molar-refractivity contribution in [1.82, 2.24) is 0 Å². The molecule has 0 fully saturated rings. The van der Waals surface area contributed by atoms with Crippen LogP contribution in [-0.4, -0.2) is 21.3 Å². The number of rotatable bonds is 2. The Bertz CT molecular complexity index is 422. The largest absolute Gasteiger partial charge is 0.504 e. The van der Waals surface area contributed by atoms with Gasteiger partial charge >= 0.3 is 5.97 Å². The third-order valence-electron chi connectivity index (χ3n) is 1.64. The summed E-state index contributed by atoms with van der Waals surface area (Å²) in [4.78, 5) is 11.1. The van der Waals surface area contributed by atoms with Crippen molar-refractivity contribution >= 4 is 5.97 Å². The first kappa shape index (κ1) is 10.9. The Morgan fingerprint density at radius 1 is 1.27 bits per heavy atom. The molecule has 0 radical (unpaired) electrons. The third-order valence-corrected chi connectivity index (χ3v) is 1.64. The minimum Gasteiger partial charge on any atom is -0.504 e. The summed E-state index contributed by atoms with van der Waals surface area (Å²) in [6.45, 7) is 4.80. The predicted octanol–water partition coefficient (Wildman–Crippen LogP) is 1.28. The number of ether oxygens (including phenoxy) is 1. The van der Waals surface area contributed by atoms with Gasteiger partial charge in [0.05, 0.1) is 0 Å². The summed E-state index contributed by atoms with van der Waals surface area (Å²) >= 11 is 0. The van der Waals surface area contributed by atoms with E-state index in [1.54, 1.807) is 0 Å². The molecule has 0 aliphatic rings. The highest BCUT2D eigenvalue weighted by Gasteiger charge is 2.15. The topological polar surface area (TPSA) is 87.0 Å². The van der Waals surface area contributed by atoms with E-state index in [4.69, 9.17) is 10.2 Å². The second-order valence-corrected chi connectivity index (χ2v) is 2.95. The highest BCUT2D eigenvalue weighted by atomic mass is 16.5. The van der Waals surface area contributed by atoms with Gasteiger partial charge in [0.25, 0.3) is 0 Å². The first-order chi connectivity index (χ1) is 6.93. The van der Waals surface area contributed by atoms with E-state index in [1.165, 1.54) is 6.92 Å². The van der Waals surface area contributed by atoms with Crippen molar-refractivity contribution in [2.24, 2.45) is 0 Å². The maximum absolute atomic E-state index is 11.1. The third kappa shape index (κ3) is 2.19. The molecular weight excluding hydrogens is 200 g/mol. The molecule has 0 saturated carbocycles. The molecule has 1 rings (SSSR count). The van der Waals surface area contributed by atoms with E-state index < -0.39 is 23.2 Å². The van der Waals surface area contributed by atoms with E-state index in [1.807, 2.05) is 0 Å². The van der Waals surface area contributed by atoms with E-state index in [2.05, 4.69) is 11.3 Å². The molecule has 1 aromatic carbocycles. The molecule has 0 spiro atoms. The first-order valence-electron chi connectivity index (χ1n) is 4.05. The van der Waals surface area contributed by atoms with Gasteiger partial charge in [0.15, 0.2) is 11.5 Å². The lowest BCUT2D eigenvalue weighted by molar-refractivity contribution is -0.130. The number of esters is 1. The van der Waals surface area contributed by atoms with Gasteiger partial charge in [-0.2, -0.15) is 0 Å². The van der Waals surface area contributed by atoms with Gasteiger partial charge in [-0.1, -0.05) is 6.58 Å². The molecule has 0 bridgehead atoms. The van der Waals surface area contributed by atoms with Crippen LogP contribution in [0.25, 0.3) is 0 Å². The van der Waals surface area contributed by atoms with Crippen LogP contribution in [0.2, 0.25) is 0 Å². The quantitative estimate of drug-likeness (QED) is 0.296. The van der Waals surface area contributed by atoms with Crippen molar-refractivity contribution in [3.05, 3.63) is 24.3 Å². The lowest BCUT2D eigenvalue weighted by Crippen LogP contribution is -2.08. The molecule has 0 aliphatic carbocycles. The highest BCUT2D eigenvalue weighted by Crippen LogP contribution is 2.41. The summed E-state index contributed by atoms with van der Waals surface area (Å²) < 4.78 is 4.68. The molecule has 0 heterocycles. The second kappa shape index (κ2) is 3.91. The van der Waals surface area contributed by atoms with Crippen LogP contribution in [0.4, 0.5) is 0 Å². The number of carbonyl (C=O) groups excluding carboxylic acids is 1. The number of hydrogen-bond donors (Lipinski definition) is 3. The Hall–Kier alpha value is -2.17. The molecule has 0 atom stereocenters. The monoisotopic (exact) mass is 210 g/mol. The summed E-state index contributed by atoms with van der Waals surface area (Å²) in [6, 6.07) is 2.25. The zero-order chi connectivity index (χ0) is 11.6. The summed E-state index contributed by atoms with van der Waals surface area (Å²) in [7, 11) is 0. The first-order valence-corrected chi connectivity index (χ1v) is 4.05. The summed E-state index contributed by atoms with van der Waals surface area (Å²) in [5.74, 6) is -2.89. The van der Waals surface area contributed by atoms with Crippen LogP contribution in [0.15, 0.2) is 24.3 Å². The fraction of sp³-hybridized carbons (Fsp3) is 0.100. The lowest BCUT2D eigenvalue weighted by Gasteiger charge is -2.07. The van der Waals surface area contributed by atoms with E-state index in [0.29, 0.717) is 0 Å². The molecule has 0 amide bonds. The maximum atomic E-state index is 11.1. The van der Waals surface area contributed by atoms with Crippen LogP contribution < -0.4 is 4.74 Å². The van der Waals surface area contributed by atoms with Gasteiger partial charge in [-0.05, 0) is 19.1 Å². The van der Waals surface area contributed by atoms with Gasteiger partial charge in [0, 0.05) is 5.57 Å². The fourth-order valence-corrected chi connectivity index (χ4v) is 0.820. The number of benzene rings is 1. The molecule has 0 aromatic heterocycles. The maximum Gasteiger partial charge on any atom is 0.338 e. The SMILES string of the molecule is C=C(C)C(=O)Oc1ccc(O)c(O)c1O. The van der Waals surface area contributed by atoms with Gasteiger partial charge in [-0.15, -0.1) is 0 Å². The second-order valence-electron chi connectivity index (χ2n) is 2.95. The molecule has 15 heavy (non-hydrogen) atoms. The van der Waals surface area contributed by atoms with Crippen molar-refractivity contribution in [3.8, 4) is 23.0 Å². The number of phenolic OH excluding ortho intramolecular Hbond substituents is 3. The molecule has 1 aromatic rings. The van der Waals surface area contributed by atoms with Crippen molar-refractivity contribution < 1.29 is 24.9 Å². The smallest absolute Gasteiger partial charge is 0.338 e. The Labute approximate surface area is 85.9 Å². The van der Waals surface area contributed by atoms with Gasteiger partial charge in [-0.25, -0.2) is 4.79 Å². The van der Waals surface area contributed by atoms with Crippen molar-refractivity contribution in [1.29, 1.82) is 0 Å². The Morgan fingerprint density at radius 2 is 1.87 bits per heavy atom. The van der Waals surface area contributed by atoms with Gasteiger partial charge < -0.3 is 20.1 Å². The molecular formula is C10H10O5. The molecule has 0 saturated heterocycles. The van der Waals surface area contributed by atoms with Gasteiger partial charge in [0.2, 0.25) is 11.5 Å². The normalized spacial score (nSPS) is 9.67. The molecule has 80 valence electrons. The predicted molar refractivity (Wildman–Crippen MR) is 51.9 cm³/mol. The number of aromatic hydroxyl groups is 3. The highest BCUT2D eigenvalue weighted by molar-refractivity contribution is 5.89. The van der Waals surface area contributed by atoms with Crippen LogP contribution in [0.5, 0.6) is 23.0 Å². The molecule has 3 N–H and O–H groups in total. The number of hydrogen-bond acceptors (Lipinski definition) is 5. The average Bonchev–Trinajstić information content (AvgIpc) is 2.18. The number of phenols is 3. The van der Waals surface area contributed by atoms with Crippen LogP contribution >= 0.6 is 0 Å². The summed E-state index contributed by atoms with van der Waals surface area (Å²) in [6.07, 6.45) is 0. The van der Waals surface area contributed by atoms with E-state index in [0.717, 1.165) is 12.1 Å². The molecule has 5 heteroatoms. The Kier molecular flexibility index (Phi) is 2.85. The van der Waals surface area contributed by atoms with Gasteiger partial charge in [-0.3, -0.25) is 0 Å². The van der Waals surface area contributed by atoms with Crippen molar-refractivity contribution in [2.75, 3.05) is 0 Å². The van der Waals surface area contributed by atoms with E-state index >= 15 is 0 Å². The average molecular weight is 210 g/mol. The van der Waals surface area contributed by atoms with E-state index in [9.17, 15) is 9.90 Å². The zero-order valence-corrected chi connectivity index (χ0v) is 8.02. The Morgan fingerprint density at radius 3 is 2.40 bits per heavy atom. The molecule has 0 unspecified atom stereocenters. The molecule has 0 aliphatic heterocycles. The summed E-state index contributed by atoms with van der Waals surface area (Å²) in [5.41, 5.74) is 0.155. The zero-order valence-electron chi connectivity index (χ0n) is 8.02. The summed E-state index contributed by atoms with van der Waals surface area (Å²) in [5, 5.41) is 27.4. The van der Waals surface area contributed by atoms with Gasteiger partial charge in [0.1, 0.15) is 0 Å². The fourth-order valence-electron chi connectivity index (χ4n) is 0.820. The van der Waals surface area contributed by atoms with Crippen LogP contribution in [0.3, 0.4) is 0 Å². The standard InChI is InChI=1S/C10H10O5/c1-5(2)10(14)15-7-4-3-6(11)8(12)9(7)13/h3-4,11-13H,1H2,2H3. The van der Waals surface area contributed by atoms with E-state index in [-0.39, 0.29) is 11.3 Å². The van der Waals surface area contributed by atoms with Crippen LogP contribution in [-0.2, 0) is 4.79 Å². The van der Waals surface area contributed by atoms with Crippen molar-refractivity contribution in [2.45, 2.75) is 6.92 Å². The van der Waals surface area contributed by atoms with Crippen LogP contribution in [0, 0.1) is 0 Å². The Balaban J connectivity index is 3.02. The van der Waals surface area contributed by atoms with Crippen LogP contribution in [0.1, 0.15) is 6.92 Å². The minimum absolute atomic E-state index is 0.155.